The first-order valence-corrected chi connectivity index (χ1v) is 6.70. The van der Waals surface area contributed by atoms with E-state index in [0.717, 1.165) is 0 Å². The molecule has 0 aliphatic carbocycles. The second kappa shape index (κ2) is 6.39. The molecule has 1 unspecified atom stereocenters. The van der Waals surface area contributed by atoms with Gasteiger partial charge in [0.15, 0.2) is 0 Å². The third-order valence-electron chi connectivity index (χ3n) is 3.44. The molecule has 1 atom stereocenters. The topological polar surface area (TPSA) is 37.3 Å². The Hall–Kier alpha value is -2.07. The highest BCUT2D eigenvalue weighted by Crippen LogP contribution is 2.16. The SMILES string of the molecule is CN(C)C(CNC(=O)c1cccn1C)c1ccccc1. The van der Waals surface area contributed by atoms with Crippen molar-refractivity contribution in [2.75, 3.05) is 20.6 Å². The van der Waals surface area contributed by atoms with E-state index in [2.05, 4.69) is 22.3 Å². The fourth-order valence-electron chi connectivity index (χ4n) is 2.25. The first-order valence-electron chi connectivity index (χ1n) is 6.70. The number of carbonyl (C=O) groups is 1. The van der Waals surface area contributed by atoms with Crippen LogP contribution in [0.15, 0.2) is 48.7 Å². The highest BCUT2D eigenvalue weighted by Gasteiger charge is 2.16. The molecule has 1 heterocycles. The van der Waals surface area contributed by atoms with E-state index in [1.165, 1.54) is 5.56 Å². The number of amides is 1. The minimum absolute atomic E-state index is 0.0414. The molecule has 2 rings (SSSR count). The molecule has 0 bridgehead atoms. The Kier molecular flexibility index (Phi) is 4.58. The van der Waals surface area contributed by atoms with Crippen molar-refractivity contribution >= 4 is 5.91 Å². The van der Waals surface area contributed by atoms with Crippen LogP contribution in [0.25, 0.3) is 0 Å². The summed E-state index contributed by atoms with van der Waals surface area (Å²) in [5.74, 6) is -0.0414. The van der Waals surface area contributed by atoms with E-state index in [9.17, 15) is 4.79 Å². The lowest BCUT2D eigenvalue weighted by molar-refractivity contribution is 0.0934. The smallest absolute Gasteiger partial charge is 0.267 e. The van der Waals surface area contributed by atoms with Crippen molar-refractivity contribution in [1.29, 1.82) is 0 Å². The minimum atomic E-state index is -0.0414. The fourth-order valence-corrected chi connectivity index (χ4v) is 2.25. The number of nitrogens with zero attached hydrogens (tertiary/aromatic N) is 2. The fraction of sp³-hybridized carbons (Fsp3) is 0.312. The van der Waals surface area contributed by atoms with Gasteiger partial charge in [0.25, 0.3) is 5.91 Å². The van der Waals surface area contributed by atoms with Crippen LogP contribution in [0.5, 0.6) is 0 Å². The molecule has 4 nitrogen and oxygen atoms in total. The molecule has 1 amide bonds. The first-order chi connectivity index (χ1) is 9.59. The summed E-state index contributed by atoms with van der Waals surface area (Å²) in [7, 11) is 5.91. The van der Waals surface area contributed by atoms with Crippen LogP contribution in [0, 0.1) is 0 Å². The monoisotopic (exact) mass is 271 g/mol. The summed E-state index contributed by atoms with van der Waals surface area (Å²) in [4.78, 5) is 14.2. The molecule has 0 saturated carbocycles. The molecule has 0 aliphatic heterocycles. The Morgan fingerprint density at radius 1 is 1.20 bits per heavy atom. The largest absolute Gasteiger partial charge is 0.349 e. The van der Waals surface area contributed by atoms with Crippen molar-refractivity contribution in [3.8, 4) is 0 Å². The van der Waals surface area contributed by atoms with Gasteiger partial charge in [-0.3, -0.25) is 4.79 Å². The van der Waals surface area contributed by atoms with E-state index >= 15 is 0 Å². The molecule has 106 valence electrons. The van der Waals surface area contributed by atoms with Crippen LogP contribution >= 0.6 is 0 Å². The van der Waals surface area contributed by atoms with E-state index in [1.54, 1.807) is 0 Å². The zero-order valence-corrected chi connectivity index (χ0v) is 12.2. The zero-order chi connectivity index (χ0) is 14.5. The third kappa shape index (κ3) is 3.27. The van der Waals surface area contributed by atoms with Crippen LogP contribution in [-0.4, -0.2) is 36.0 Å². The number of carbonyl (C=O) groups excluding carboxylic acids is 1. The van der Waals surface area contributed by atoms with Crippen LogP contribution in [0.4, 0.5) is 0 Å². The second-order valence-corrected chi connectivity index (χ2v) is 5.10. The molecular formula is C16H21N3O. The Morgan fingerprint density at radius 2 is 1.90 bits per heavy atom. The maximum absolute atomic E-state index is 12.1. The molecule has 0 fully saturated rings. The molecule has 2 aromatic rings. The number of nitrogens with one attached hydrogen (secondary N) is 1. The number of rotatable bonds is 5. The van der Waals surface area contributed by atoms with Crippen LogP contribution in [0.3, 0.4) is 0 Å². The van der Waals surface area contributed by atoms with Gasteiger partial charge in [-0.2, -0.15) is 0 Å². The predicted octanol–water partition coefficient (Wildman–Crippen LogP) is 2.06. The van der Waals surface area contributed by atoms with Crippen molar-refractivity contribution < 1.29 is 4.79 Å². The first kappa shape index (κ1) is 14.3. The molecular weight excluding hydrogens is 250 g/mol. The van der Waals surface area contributed by atoms with Gasteiger partial charge in [0.2, 0.25) is 0 Å². The number of aryl methyl sites for hydroxylation is 1. The normalized spacial score (nSPS) is 12.4. The van der Waals surface area contributed by atoms with Gasteiger partial charge in [-0.15, -0.1) is 0 Å². The lowest BCUT2D eigenvalue weighted by atomic mass is 10.1. The maximum Gasteiger partial charge on any atom is 0.267 e. The van der Waals surface area contributed by atoms with Crippen molar-refractivity contribution in [2.45, 2.75) is 6.04 Å². The zero-order valence-electron chi connectivity index (χ0n) is 12.2. The lowest BCUT2D eigenvalue weighted by Crippen LogP contribution is -2.35. The van der Waals surface area contributed by atoms with Gasteiger partial charge in [0.1, 0.15) is 5.69 Å². The third-order valence-corrected chi connectivity index (χ3v) is 3.44. The predicted molar refractivity (Wildman–Crippen MR) is 80.6 cm³/mol. The summed E-state index contributed by atoms with van der Waals surface area (Å²) < 4.78 is 1.82. The van der Waals surface area contributed by atoms with E-state index in [4.69, 9.17) is 0 Å². The molecule has 1 N–H and O–H groups in total. The van der Waals surface area contributed by atoms with E-state index in [-0.39, 0.29) is 11.9 Å². The molecule has 0 aliphatic rings. The van der Waals surface area contributed by atoms with Crippen LogP contribution in [0.1, 0.15) is 22.1 Å². The van der Waals surface area contributed by atoms with Gasteiger partial charge in [0, 0.05) is 19.8 Å². The van der Waals surface area contributed by atoms with Crippen molar-refractivity contribution in [3.63, 3.8) is 0 Å². The van der Waals surface area contributed by atoms with Gasteiger partial charge < -0.3 is 14.8 Å². The maximum atomic E-state index is 12.1. The second-order valence-electron chi connectivity index (χ2n) is 5.10. The molecule has 0 radical (unpaired) electrons. The summed E-state index contributed by atoms with van der Waals surface area (Å²) in [5, 5.41) is 3.00. The number of hydrogen-bond donors (Lipinski definition) is 1. The van der Waals surface area contributed by atoms with Gasteiger partial charge in [-0.1, -0.05) is 30.3 Å². The van der Waals surface area contributed by atoms with Crippen molar-refractivity contribution in [3.05, 3.63) is 59.9 Å². The molecule has 0 saturated heterocycles. The van der Waals surface area contributed by atoms with Crippen LogP contribution in [0.2, 0.25) is 0 Å². The highest BCUT2D eigenvalue weighted by molar-refractivity contribution is 5.92. The van der Waals surface area contributed by atoms with E-state index < -0.39 is 0 Å². The number of hydrogen-bond acceptors (Lipinski definition) is 2. The Morgan fingerprint density at radius 3 is 2.45 bits per heavy atom. The average molecular weight is 271 g/mol. The molecule has 1 aromatic carbocycles. The number of benzene rings is 1. The Balaban J connectivity index is 2.04. The Bertz CT molecular complexity index is 560. The summed E-state index contributed by atoms with van der Waals surface area (Å²) in [6.07, 6.45) is 1.87. The highest BCUT2D eigenvalue weighted by atomic mass is 16.1. The van der Waals surface area contributed by atoms with Gasteiger partial charge in [-0.05, 0) is 31.8 Å². The minimum Gasteiger partial charge on any atom is -0.349 e. The van der Waals surface area contributed by atoms with Crippen molar-refractivity contribution in [2.24, 2.45) is 7.05 Å². The lowest BCUT2D eigenvalue weighted by Gasteiger charge is -2.25. The quantitative estimate of drug-likeness (QED) is 0.904. The summed E-state index contributed by atoms with van der Waals surface area (Å²) >= 11 is 0. The van der Waals surface area contributed by atoms with E-state index in [1.807, 2.05) is 62.2 Å². The van der Waals surface area contributed by atoms with Crippen molar-refractivity contribution in [1.82, 2.24) is 14.8 Å². The number of likely N-dealkylation sites (N-methyl/N-ethyl adjacent to an activating group) is 1. The standard InChI is InChI=1S/C16H21N3O/c1-18(2)15(13-8-5-4-6-9-13)12-17-16(20)14-10-7-11-19(14)3/h4-11,15H,12H2,1-3H3,(H,17,20). The van der Waals surface area contributed by atoms with E-state index in [0.29, 0.717) is 12.2 Å². The summed E-state index contributed by atoms with van der Waals surface area (Å²) in [6.45, 7) is 0.584. The molecule has 20 heavy (non-hydrogen) atoms. The summed E-state index contributed by atoms with van der Waals surface area (Å²) in [6, 6.07) is 14.1. The van der Waals surface area contributed by atoms with Crippen LogP contribution in [-0.2, 0) is 7.05 Å². The molecule has 4 heteroatoms. The Labute approximate surface area is 120 Å². The van der Waals surface area contributed by atoms with Crippen LogP contribution < -0.4 is 5.32 Å². The van der Waals surface area contributed by atoms with Gasteiger partial charge >= 0.3 is 0 Å². The molecule has 0 spiro atoms. The van der Waals surface area contributed by atoms with Gasteiger partial charge in [-0.25, -0.2) is 0 Å². The number of aromatic nitrogens is 1. The average Bonchev–Trinajstić information content (AvgIpc) is 2.86. The van der Waals surface area contributed by atoms with Gasteiger partial charge in [0.05, 0.1) is 6.04 Å². The molecule has 1 aromatic heterocycles. The summed E-state index contributed by atoms with van der Waals surface area (Å²) in [5.41, 5.74) is 1.88.